The number of benzene rings is 1. The lowest BCUT2D eigenvalue weighted by Gasteiger charge is -2.11. The molecule has 1 aliphatic rings. The second kappa shape index (κ2) is 8.23. The van der Waals surface area contributed by atoms with Gasteiger partial charge < -0.3 is 15.0 Å². The Balaban J connectivity index is 1.67. The van der Waals surface area contributed by atoms with Crippen LogP contribution in [0.15, 0.2) is 50.9 Å². The van der Waals surface area contributed by atoms with E-state index in [1.165, 1.54) is 4.68 Å². The number of rotatable bonds is 5. The number of ether oxygens (including phenoxy) is 1. The van der Waals surface area contributed by atoms with Gasteiger partial charge in [0.15, 0.2) is 0 Å². The van der Waals surface area contributed by atoms with E-state index in [2.05, 4.69) is 10.3 Å². The van der Waals surface area contributed by atoms with Crippen molar-refractivity contribution in [1.82, 2.24) is 18.9 Å². The summed E-state index contributed by atoms with van der Waals surface area (Å²) in [6.45, 7) is 2.35. The Morgan fingerprint density at radius 1 is 1.19 bits per heavy atom. The Hall–Kier alpha value is -3.66. The molecule has 1 fully saturated rings. The van der Waals surface area contributed by atoms with Crippen LogP contribution in [0.5, 0.6) is 0 Å². The van der Waals surface area contributed by atoms with Crippen LogP contribution in [-0.2, 0) is 18.3 Å². The first kappa shape index (κ1) is 20.6. The van der Waals surface area contributed by atoms with Gasteiger partial charge in [-0.25, -0.2) is 9.48 Å². The first-order valence-corrected chi connectivity index (χ1v) is 9.98. The molecule has 31 heavy (non-hydrogen) atoms. The van der Waals surface area contributed by atoms with Crippen molar-refractivity contribution < 1.29 is 9.53 Å². The van der Waals surface area contributed by atoms with Crippen LogP contribution in [0.3, 0.4) is 0 Å². The third-order valence-corrected chi connectivity index (χ3v) is 5.51. The summed E-state index contributed by atoms with van der Waals surface area (Å²) in [5.74, 6) is -0.770. The highest BCUT2D eigenvalue weighted by Gasteiger charge is 2.23. The van der Waals surface area contributed by atoms with E-state index in [4.69, 9.17) is 4.74 Å². The van der Waals surface area contributed by atoms with Crippen LogP contribution >= 0.6 is 0 Å². The fraction of sp³-hybridized carbons (Fsp3) is 0.333. The molecule has 0 saturated carbocycles. The Labute approximate surface area is 176 Å². The largest absolute Gasteiger partial charge is 0.376 e. The molecule has 2 aromatic heterocycles. The molecule has 1 atom stereocenters. The molecule has 0 spiro atoms. The number of nitrogens with zero attached hydrogens (tertiary/aromatic N) is 3. The number of aromatic amines is 1. The van der Waals surface area contributed by atoms with Gasteiger partial charge in [0, 0.05) is 19.9 Å². The van der Waals surface area contributed by atoms with Gasteiger partial charge in [0.2, 0.25) is 0 Å². The minimum Gasteiger partial charge on any atom is -0.376 e. The predicted octanol–water partition coefficient (Wildman–Crippen LogP) is 0.766. The Morgan fingerprint density at radius 3 is 2.61 bits per heavy atom. The third-order valence-electron chi connectivity index (χ3n) is 5.51. The van der Waals surface area contributed by atoms with Crippen LogP contribution in [0.2, 0.25) is 0 Å². The van der Waals surface area contributed by atoms with E-state index >= 15 is 0 Å². The number of carbonyl (C=O) groups is 1. The number of para-hydroxylation sites is 1. The van der Waals surface area contributed by atoms with E-state index in [0.29, 0.717) is 18.0 Å². The molecule has 0 radical (unpaired) electrons. The number of amides is 1. The maximum Gasteiger partial charge on any atom is 0.328 e. The molecule has 0 aliphatic carbocycles. The molecule has 1 unspecified atom stereocenters. The lowest BCUT2D eigenvalue weighted by atomic mass is 10.2. The lowest BCUT2D eigenvalue weighted by Crippen LogP contribution is -2.41. The van der Waals surface area contributed by atoms with Gasteiger partial charge in [-0.1, -0.05) is 18.2 Å². The third kappa shape index (κ3) is 3.77. The molecule has 2 N–H and O–H groups in total. The lowest BCUT2D eigenvalue weighted by molar-refractivity contribution is 0.0941. The molecule has 0 bridgehead atoms. The molecule has 1 amide bonds. The fourth-order valence-corrected chi connectivity index (χ4v) is 3.72. The van der Waals surface area contributed by atoms with E-state index < -0.39 is 22.7 Å². The number of nitrogens with one attached hydrogen (secondary N) is 2. The van der Waals surface area contributed by atoms with Crippen molar-refractivity contribution in [2.75, 3.05) is 11.9 Å². The summed E-state index contributed by atoms with van der Waals surface area (Å²) in [6.07, 6.45) is 2.43. The van der Waals surface area contributed by atoms with Gasteiger partial charge in [-0.05, 0) is 31.9 Å². The smallest absolute Gasteiger partial charge is 0.328 e. The van der Waals surface area contributed by atoms with Gasteiger partial charge in [0.05, 0.1) is 24.0 Å². The minimum absolute atomic E-state index is 0.0626. The second-order valence-electron chi connectivity index (χ2n) is 7.45. The van der Waals surface area contributed by atoms with Gasteiger partial charge in [0.25, 0.3) is 17.0 Å². The topological polar surface area (TPSA) is 120 Å². The molecule has 1 aromatic carbocycles. The van der Waals surface area contributed by atoms with Crippen LogP contribution < -0.4 is 22.1 Å². The first-order valence-electron chi connectivity index (χ1n) is 9.98. The zero-order valence-electron chi connectivity index (χ0n) is 17.3. The Kier molecular flexibility index (Phi) is 5.47. The number of H-pyrrole nitrogens is 1. The first-order chi connectivity index (χ1) is 14.9. The molecular formula is C21H23N5O5. The fourth-order valence-electron chi connectivity index (χ4n) is 3.72. The number of hydrogen-bond acceptors (Lipinski definition) is 5. The van der Waals surface area contributed by atoms with Crippen molar-refractivity contribution in [2.45, 2.75) is 32.4 Å². The van der Waals surface area contributed by atoms with Crippen LogP contribution in [0.1, 0.15) is 28.9 Å². The zero-order chi connectivity index (χ0) is 22.1. The Bertz CT molecular complexity index is 1290. The quantitative estimate of drug-likeness (QED) is 0.626. The predicted molar refractivity (Wildman–Crippen MR) is 114 cm³/mol. The summed E-state index contributed by atoms with van der Waals surface area (Å²) >= 11 is 0. The van der Waals surface area contributed by atoms with E-state index in [0.717, 1.165) is 23.6 Å². The van der Waals surface area contributed by atoms with Gasteiger partial charge in [0.1, 0.15) is 11.3 Å². The minimum atomic E-state index is -0.770. The van der Waals surface area contributed by atoms with Crippen molar-refractivity contribution in [3.8, 4) is 5.69 Å². The monoisotopic (exact) mass is 425 g/mol. The highest BCUT2D eigenvalue weighted by molar-refractivity contribution is 6.04. The van der Waals surface area contributed by atoms with E-state index in [9.17, 15) is 19.2 Å². The van der Waals surface area contributed by atoms with Gasteiger partial charge in [-0.2, -0.15) is 0 Å². The number of aromatic nitrogens is 4. The molecule has 1 saturated heterocycles. The van der Waals surface area contributed by atoms with Crippen molar-refractivity contribution >= 4 is 11.6 Å². The number of hydrogen-bond donors (Lipinski definition) is 2. The van der Waals surface area contributed by atoms with Gasteiger partial charge >= 0.3 is 5.69 Å². The normalized spacial score (nSPS) is 15.9. The summed E-state index contributed by atoms with van der Waals surface area (Å²) in [7, 11) is 1.70. The summed E-state index contributed by atoms with van der Waals surface area (Å²) in [5, 5.41) is 2.55. The summed E-state index contributed by atoms with van der Waals surface area (Å²) in [6, 6.07) is 9.00. The molecule has 10 heteroatoms. The molecular weight excluding hydrogens is 402 g/mol. The number of anilines is 1. The molecule has 3 heterocycles. The van der Waals surface area contributed by atoms with E-state index in [-0.39, 0.29) is 23.9 Å². The Morgan fingerprint density at radius 2 is 1.94 bits per heavy atom. The van der Waals surface area contributed by atoms with Crippen LogP contribution in [0.4, 0.5) is 5.69 Å². The maximum atomic E-state index is 13.0. The van der Waals surface area contributed by atoms with Crippen LogP contribution in [-0.4, -0.2) is 37.5 Å². The van der Waals surface area contributed by atoms with Gasteiger partial charge in [-0.3, -0.25) is 23.6 Å². The molecule has 10 nitrogen and oxygen atoms in total. The average molecular weight is 425 g/mol. The second-order valence-corrected chi connectivity index (χ2v) is 7.45. The van der Waals surface area contributed by atoms with E-state index in [1.807, 2.05) is 6.07 Å². The molecule has 162 valence electrons. The van der Waals surface area contributed by atoms with Crippen molar-refractivity contribution in [2.24, 2.45) is 7.05 Å². The van der Waals surface area contributed by atoms with E-state index in [1.54, 1.807) is 42.9 Å². The average Bonchev–Trinajstić information content (AvgIpc) is 3.34. The molecule has 4 rings (SSSR count). The van der Waals surface area contributed by atoms with Crippen LogP contribution in [0.25, 0.3) is 5.69 Å². The highest BCUT2D eigenvalue weighted by Crippen LogP contribution is 2.15. The van der Waals surface area contributed by atoms with Crippen molar-refractivity contribution in [3.63, 3.8) is 0 Å². The SMILES string of the molecule is Cc1c(NC(=O)c2c[nH]c(=O)n(CC3CCCO3)c2=O)c(=O)n(-c2ccccc2)n1C. The molecule has 3 aromatic rings. The maximum absolute atomic E-state index is 13.0. The standard InChI is InChI=1S/C21H23N5O5/c1-13-17(20(29)26(24(13)2)14-7-4-3-5-8-14)23-18(27)16-11-22-21(30)25(19(16)28)12-15-9-6-10-31-15/h3-5,7-8,11,15H,6,9-10,12H2,1-2H3,(H,22,30)(H,23,27). The van der Waals surface area contributed by atoms with Crippen molar-refractivity contribution in [1.29, 1.82) is 0 Å². The highest BCUT2D eigenvalue weighted by atomic mass is 16.5. The number of carbonyl (C=O) groups excluding carboxylic acids is 1. The zero-order valence-corrected chi connectivity index (χ0v) is 17.3. The summed E-state index contributed by atoms with van der Waals surface area (Å²) in [4.78, 5) is 53.2. The van der Waals surface area contributed by atoms with Crippen LogP contribution in [0, 0.1) is 6.92 Å². The summed E-state index contributed by atoms with van der Waals surface area (Å²) < 4.78 is 9.50. The summed E-state index contributed by atoms with van der Waals surface area (Å²) in [5.41, 5.74) is -0.802. The van der Waals surface area contributed by atoms with Crippen molar-refractivity contribution in [3.05, 3.63) is 79.0 Å². The molecule has 1 aliphatic heterocycles. The van der Waals surface area contributed by atoms with Gasteiger partial charge in [-0.15, -0.1) is 0 Å².